The summed E-state index contributed by atoms with van der Waals surface area (Å²) in [5.41, 5.74) is 1.05. The zero-order valence-corrected chi connectivity index (χ0v) is 10.4. The van der Waals surface area contributed by atoms with Crippen LogP contribution in [0.1, 0.15) is 17.9 Å². The summed E-state index contributed by atoms with van der Waals surface area (Å²) < 4.78 is 27.7. The fourth-order valence-corrected chi connectivity index (χ4v) is 2.36. The molecule has 3 rings (SSSR count). The van der Waals surface area contributed by atoms with Gasteiger partial charge in [0.1, 0.15) is 26.5 Å². The van der Waals surface area contributed by atoms with E-state index in [0.29, 0.717) is 13.2 Å². The lowest BCUT2D eigenvalue weighted by Crippen LogP contribution is -2.15. The minimum Gasteiger partial charge on any atom is -0.486 e. The first-order valence-electron chi connectivity index (χ1n) is 6.41. The number of esters is 1. The molecule has 0 N–H and O–H groups in total. The Bertz CT molecular complexity index is 488. The molecule has 1 saturated carbocycles. The van der Waals surface area contributed by atoms with Crippen molar-refractivity contribution >= 4 is 5.97 Å². The van der Waals surface area contributed by atoms with Crippen LogP contribution in [0.25, 0.3) is 0 Å². The maximum Gasteiger partial charge on any atom is 0.309 e. The number of halogens is 1. The summed E-state index contributed by atoms with van der Waals surface area (Å²) in [6.07, 6.45) is 0.755. The van der Waals surface area contributed by atoms with E-state index >= 15 is 0 Å². The Morgan fingerprint density at radius 1 is 1.32 bits per heavy atom. The van der Waals surface area contributed by atoms with Crippen LogP contribution in [0.15, 0.2) is 18.2 Å². The Morgan fingerprint density at radius 2 is 2.11 bits per heavy atom. The van der Waals surface area contributed by atoms with Gasteiger partial charge in [0.2, 0.25) is 0 Å². The van der Waals surface area contributed by atoms with E-state index in [1.165, 1.54) is 0 Å². The van der Waals surface area contributed by atoms with Gasteiger partial charge < -0.3 is 14.2 Å². The van der Waals surface area contributed by atoms with Crippen molar-refractivity contribution < 1.29 is 23.4 Å². The molecule has 1 aliphatic heterocycles. The van der Waals surface area contributed by atoms with Gasteiger partial charge in [-0.2, -0.15) is 0 Å². The average Bonchev–Trinajstić information content (AvgIpc) is 3.24. The van der Waals surface area contributed by atoms with E-state index in [4.69, 9.17) is 14.2 Å². The molecule has 0 bridgehead atoms. The van der Waals surface area contributed by atoms with Crippen LogP contribution in [0.4, 0.5) is 4.39 Å². The second-order valence-electron chi connectivity index (χ2n) is 4.71. The summed E-state index contributed by atoms with van der Waals surface area (Å²) in [5.74, 6) is 1.17. The molecule has 1 aromatic carbocycles. The molecule has 0 aromatic heterocycles. The number of ether oxygens (including phenoxy) is 3. The summed E-state index contributed by atoms with van der Waals surface area (Å²) in [5, 5.41) is 0. The Kier molecular flexibility index (Phi) is 3.27. The average molecular weight is 266 g/mol. The molecule has 0 amide bonds. The topological polar surface area (TPSA) is 44.8 Å². The van der Waals surface area contributed by atoms with Crippen molar-refractivity contribution in [3.05, 3.63) is 23.8 Å². The van der Waals surface area contributed by atoms with E-state index in [1.54, 1.807) is 0 Å². The predicted molar refractivity (Wildman–Crippen MR) is 65.2 cm³/mol. The molecule has 0 spiro atoms. The highest BCUT2D eigenvalue weighted by molar-refractivity contribution is 5.77. The van der Waals surface area contributed by atoms with Crippen LogP contribution < -0.4 is 9.47 Å². The van der Waals surface area contributed by atoms with E-state index in [0.717, 1.165) is 23.5 Å². The zero-order valence-electron chi connectivity index (χ0n) is 10.4. The van der Waals surface area contributed by atoms with Gasteiger partial charge in [-0.15, -0.1) is 0 Å². The number of carbonyl (C=O) groups excluding carboxylic acids is 1. The zero-order chi connectivity index (χ0) is 13.2. The van der Waals surface area contributed by atoms with Gasteiger partial charge in [0.05, 0.1) is 5.92 Å². The summed E-state index contributed by atoms with van der Waals surface area (Å²) in [4.78, 5) is 11.6. The highest BCUT2D eigenvalue weighted by Gasteiger charge is 2.45. The smallest absolute Gasteiger partial charge is 0.309 e. The molecule has 2 atom stereocenters. The van der Waals surface area contributed by atoms with E-state index < -0.39 is 6.67 Å². The number of carbonyl (C=O) groups is 1. The lowest BCUT2D eigenvalue weighted by molar-refractivity contribution is -0.145. The molecule has 0 unspecified atom stereocenters. The van der Waals surface area contributed by atoms with E-state index in [2.05, 4.69) is 0 Å². The summed E-state index contributed by atoms with van der Waals surface area (Å²) in [6.45, 7) is 0.327. The van der Waals surface area contributed by atoms with Crippen molar-refractivity contribution in [3.8, 4) is 11.5 Å². The van der Waals surface area contributed by atoms with Crippen LogP contribution in [0, 0.1) is 5.92 Å². The van der Waals surface area contributed by atoms with Gasteiger partial charge in [0.15, 0.2) is 11.5 Å². The van der Waals surface area contributed by atoms with Gasteiger partial charge in [-0.05, 0) is 30.0 Å². The van der Waals surface area contributed by atoms with Crippen LogP contribution in [-0.4, -0.2) is 32.5 Å². The second-order valence-corrected chi connectivity index (χ2v) is 4.71. The molecule has 4 nitrogen and oxygen atoms in total. The van der Waals surface area contributed by atoms with Gasteiger partial charge in [0.25, 0.3) is 0 Å². The quantitative estimate of drug-likeness (QED) is 0.783. The monoisotopic (exact) mass is 266 g/mol. The Labute approximate surface area is 110 Å². The van der Waals surface area contributed by atoms with Crippen LogP contribution in [-0.2, 0) is 9.53 Å². The Balaban J connectivity index is 1.66. The van der Waals surface area contributed by atoms with E-state index in [1.807, 2.05) is 18.2 Å². The number of hydrogen-bond acceptors (Lipinski definition) is 4. The molecular formula is C14H15FO4. The Hall–Kier alpha value is -1.78. The van der Waals surface area contributed by atoms with Crippen LogP contribution in [0.3, 0.4) is 0 Å². The molecule has 0 radical (unpaired) electrons. The fourth-order valence-electron chi connectivity index (χ4n) is 2.36. The molecule has 1 fully saturated rings. The minimum absolute atomic E-state index is 0.144. The summed E-state index contributed by atoms with van der Waals surface area (Å²) in [6, 6.07) is 5.73. The lowest BCUT2D eigenvalue weighted by atomic mass is 10.1. The molecule has 0 saturated heterocycles. The first-order chi connectivity index (χ1) is 9.29. The molecule has 1 heterocycles. The highest BCUT2D eigenvalue weighted by atomic mass is 19.1. The maximum atomic E-state index is 11.9. The normalized spacial score (nSPS) is 23.8. The number of benzene rings is 1. The summed E-state index contributed by atoms with van der Waals surface area (Å²) >= 11 is 0. The number of alkyl halides is 1. The van der Waals surface area contributed by atoms with Crippen molar-refractivity contribution in [2.24, 2.45) is 5.92 Å². The predicted octanol–water partition coefficient (Wildman–Crippen LogP) is 2.07. The van der Waals surface area contributed by atoms with Crippen molar-refractivity contribution in [2.75, 3.05) is 26.5 Å². The highest BCUT2D eigenvalue weighted by Crippen LogP contribution is 2.49. The van der Waals surface area contributed by atoms with E-state index in [9.17, 15) is 9.18 Å². The molecule has 19 heavy (non-hydrogen) atoms. The fraction of sp³-hybridized carbons (Fsp3) is 0.500. The lowest BCUT2D eigenvalue weighted by Gasteiger charge is -2.18. The summed E-state index contributed by atoms with van der Waals surface area (Å²) in [7, 11) is 0. The van der Waals surface area contributed by atoms with Gasteiger partial charge in [-0.3, -0.25) is 4.79 Å². The van der Waals surface area contributed by atoms with Crippen LogP contribution in [0.2, 0.25) is 0 Å². The molecular weight excluding hydrogens is 251 g/mol. The standard InChI is InChI=1S/C14H15FO4/c15-3-4-19-14(16)11-8-10(11)9-1-2-12-13(7-9)18-6-5-17-12/h1-2,7,10-11H,3-6,8H2/t10-,11-/m0/s1. The largest absolute Gasteiger partial charge is 0.486 e. The maximum absolute atomic E-state index is 11.9. The van der Waals surface area contributed by atoms with Crippen molar-refractivity contribution in [1.29, 1.82) is 0 Å². The van der Waals surface area contributed by atoms with Crippen molar-refractivity contribution in [1.82, 2.24) is 0 Å². The van der Waals surface area contributed by atoms with Crippen molar-refractivity contribution in [2.45, 2.75) is 12.3 Å². The third-order valence-electron chi connectivity index (χ3n) is 3.41. The van der Waals surface area contributed by atoms with Gasteiger partial charge in [-0.1, -0.05) is 6.07 Å². The minimum atomic E-state index is -0.632. The number of rotatable bonds is 4. The first-order valence-corrected chi connectivity index (χ1v) is 6.41. The van der Waals surface area contributed by atoms with Gasteiger partial charge in [0, 0.05) is 0 Å². The molecule has 1 aliphatic carbocycles. The van der Waals surface area contributed by atoms with E-state index in [-0.39, 0.29) is 24.4 Å². The van der Waals surface area contributed by atoms with Crippen molar-refractivity contribution in [3.63, 3.8) is 0 Å². The number of fused-ring (bicyclic) bond motifs is 1. The van der Waals surface area contributed by atoms with Gasteiger partial charge in [-0.25, -0.2) is 4.39 Å². The first kappa shape index (κ1) is 12.3. The molecule has 102 valence electrons. The third kappa shape index (κ3) is 2.50. The SMILES string of the molecule is O=C(OCCF)[C@H]1C[C@H]1c1ccc2c(c1)OCCO2. The molecule has 1 aromatic rings. The molecule has 5 heteroatoms. The molecule has 2 aliphatic rings. The van der Waals surface area contributed by atoms with Crippen LogP contribution in [0.5, 0.6) is 11.5 Å². The third-order valence-corrected chi connectivity index (χ3v) is 3.41. The second kappa shape index (κ2) is 5.07. The van der Waals surface area contributed by atoms with Crippen LogP contribution >= 0.6 is 0 Å². The number of hydrogen-bond donors (Lipinski definition) is 0. The Morgan fingerprint density at radius 3 is 2.89 bits per heavy atom. The van der Waals surface area contributed by atoms with Gasteiger partial charge >= 0.3 is 5.97 Å².